The highest BCUT2D eigenvalue weighted by Crippen LogP contribution is 2.48. The van der Waals surface area contributed by atoms with Crippen molar-refractivity contribution in [2.75, 3.05) is 67.9 Å². The molecule has 0 atom stereocenters. The van der Waals surface area contributed by atoms with Crippen molar-refractivity contribution in [3.63, 3.8) is 0 Å². The summed E-state index contributed by atoms with van der Waals surface area (Å²) in [6.45, 7) is 6.01. The number of aliphatic hydroxyl groups is 1. The van der Waals surface area contributed by atoms with Crippen LogP contribution in [-0.2, 0) is 4.79 Å². The molecule has 0 radical (unpaired) electrons. The fourth-order valence-electron chi connectivity index (χ4n) is 7.18. The van der Waals surface area contributed by atoms with E-state index in [1.807, 2.05) is 17.0 Å². The summed E-state index contributed by atoms with van der Waals surface area (Å²) in [6.07, 6.45) is 5.57. The molecule has 0 bridgehead atoms. The molecule has 3 heterocycles. The predicted octanol–water partition coefficient (Wildman–Crippen LogP) is 3.72. The Kier molecular flexibility index (Phi) is 8.28. The van der Waals surface area contributed by atoms with Gasteiger partial charge < -0.3 is 20.6 Å². The number of imide groups is 1. The van der Waals surface area contributed by atoms with Gasteiger partial charge in [0.2, 0.25) is 5.91 Å². The first kappa shape index (κ1) is 29.7. The molecule has 0 unspecified atom stereocenters. The van der Waals surface area contributed by atoms with Gasteiger partial charge in [0, 0.05) is 75.7 Å². The van der Waals surface area contributed by atoms with Crippen molar-refractivity contribution < 1.29 is 19.5 Å². The van der Waals surface area contributed by atoms with Crippen LogP contribution in [0, 0.1) is 5.41 Å². The van der Waals surface area contributed by atoms with Crippen LogP contribution in [0.15, 0.2) is 42.5 Å². The van der Waals surface area contributed by atoms with E-state index in [4.69, 9.17) is 17.3 Å². The van der Waals surface area contributed by atoms with Gasteiger partial charge in [0.05, 0.1) is 16.3 Å². The zero-order valence-electron chi connectivity index (χ0n) is 24.6. The molecule has 43 heavy (non-hydrogen) atoms. The molecular weight excluding hydrogens is 568 g/mol. The van der Waals surface area contributed by atoms with Gasteiger partial charge in [-0.3, -0.25) is 24.7 Å². The fraction of sp³-hybridized carbons (Fsp3) is 0.531. The van der Waals surface area contributed by atoms with E-state index in [0.29, 0.717) is 35.9 Å². The minimum absolute atomic E-state index is 0.0771. The highest BCUT2D eigenvalue weighted by atomic mass is 35.5. The number of piperazine rings is 1. The number of hydrogen-bond donors (Lipinski definition) is 3. The summed E-state index contributed by atoms with van der Waals surface area (Å²) >= 11 is 6.38. The largest absolute Gasteiger partial charge is 0.399 e. The van der Waals surface area contributed by atoms with Gasteiger partial charge in [0.25, 0.3) is 5.91 Å². The van der Waals surface area contributed by atoms with Crippen LogP contribution < -0.4 is 20.9 Å². The topological polar surface area (TPSA) is 122 Å². The average molecular weight is 609 g/mol. The number of β-amino-alcohol motifs (C(OH)–C–C–N with tert-alkyl or cyclic N) is 1. The van der Waals surface area contributed by atoms with Crippen LogP contribution in [0.5, 0.6) is 0 Å². The number of nitrogens with one attached hydrogen (secondary N) is 1. The van der Waals surface area contributed by atoms with Crippen LogP contribution in [0.3, 0.4) is 0 Å². The van der Waals surface area contributed by atoms with Crippen molar-refractivity contribution in [3.05, 3.63) is 53.1 Å². The Morgan fingerprint density at radius 2 is 1.56 bits per heavy atom. The highest BCUT2D eigenvalue weighted by Gasteiger charge is 2.44. The molecule has 2 aromatic rings. The van der Waals surface area contributed by atoms with E-state index in [9.17, 15) is 19.5 Å². The molecule has 4 amide bonds. The van der Waals surface area contributed by atoms with Crippen LogP contribution >= 0.6 is 11.6 Å². The number of nitrogens with two attached hydrogens (primary N) is 1. The number of urea groups is 1. The van der Waals surface area contributed by atoms with Crippen molar-refractivity contribution >= 4 is 46.5 Å². The maximum atomic E-state index is 13.5. The summed E-state index contributed by atoms with van der Waals surface area (Å²) in [4.78, 5) is 45.5. The number of nitrogen functional groups attached to an aromatic ring is 1. The Morgan fingerprint density at radius 1 is 0.884 bits per heavy atom. The van der Waals surface area contributed by atoms with E-state index < -0.39 is 11.6 Å². The molecule has 0 aromatic heterocycles. The number of benzene rings is 2. The molecule has 4 N–H and O–H groups in total. The number of nitrogens with zero attached hydrogens (tertiary/aromatic N) is 4. The van der Waals surface area contributed by atoms with Gasteiger partial charge in [-0.2, -0.15) is 0 Å². The minimum Gasteiger partial charge on any atom is -0.399 e. The number of hydrogen-bond acceptors (Lipinski definition) is 7. The van der Waals surface area contributed by atoms with E-state index in [-0.39, 0.29) is 30.2 Å². The van der Waals surface area contributed by atoms with Crippen LogP contribution in [0.4, 0.5) is 21.9 Å². The second-order valence-electron chi connectivity index (χ2n) is 12.8. The maximum absolute atomic E-state index is 13.5. The zero-order valence-corrected chi connectivity index (χ0v) is 25.3. The molecule has 230 valence electrons. The third kappa shape index (κ3) is 6.46. The van der Waals surface area contributed by atoms with Gasteiger partial charge in [-0.05, 0) is 86.4 Å². The summed E-state index contributed by atoms with van der Waals surface area (Å²) in [7, 11) is 0. The molecule has 1 spiro atoms. The molecule has 2 aromatic carbocycles. The minimum atomic E-state index is -0.660. The lowest BCUT2D eigenvalue weighted by atomic mass is 9.64. The van der Waals surface area contributed by atoms with E-state index in [0.717, 1.165) is 70.4 Å². The maximum Gasteiger partial charge on any atom is 0.328 e. The first-order valence-corrected chi connectivity index (χ1v) is 15.8. The normalized spacial score (nSPS) is 22.5. The SMILES string of the molecule is Nc1ccc(N2CCN(CC3(O)CCC4(CCN(C(=O)c5ccc(Cl)c(N6CCC(=O)NC6=O)c5)CC4)CC3)CC2)cc1. The molecule has 1 saturated carbocycles. The number of halogens is 1. The summed E-state index contributed by atoms with van der Waals surface area (Å²) in [5.41, 5.74) is 8.23. The van der Waals surface area contributed by atoms with Crippen LogP contribution in [-0.4, -0.2) is 90.7 Å². The standard InChI is InChI=1S/C32H41ClN6O4/c33-26-6-1-23(21-27(26)39-14-7-28(40)35-30(39)42)29(41)38-15-12-31(13-16-38)8-10-32(43,11-9-31)22-36-17-19-37(20-18-36)25-4-2-24(34)3-5-25/h1-6,21,43H,7-20,22,34H2,(H,35,40,42). The molecule has 4 fully saturated rings. The number of anilines is 3. The molecule has 3 aliphatic heterocycles. The highest BCUT2D eigenvalue weighted by molar-refractivity contribution is 6.34. The Bertz CT molecular complexity index is 1360. The zero-order chi connectivity index (χ0) is 30.2. The van der Waals surface area contributed by atoms with E-state index in [1.165, 1.54) is 10.6 Å². The average Bonchev–Trinajstić information content (AvgIpc) is 3.00. The van der Waals surface area contributed by atoms with Crippen LogP contribution in [0.25, 0.3) is 0 Å². The molecule has 10 nitrogen and oxygen atoms in total. The molecule has 3 saturated heterocycles. The lowest BCUT2D eigenvalue weighted by Gasteiger charge is -2.49. The smallest absolute Gasteiger partial charge is 0.328 e. The van der Waals surface area contributed by atoms with Gasteiger partial charge in [-0.15, -0.1) is 0 Å². The van der Waals surface area contributed by atoms with Gasteiger partial charge in [0.15, 0.2) is 0 Å². The van der Waals surface area contributed by atoms with Gasteiger partial charge in [-0.1, -0.05) is 11.6 Å². The van der Waals surface area contributed by atoms with Gasteiger partial charge in [0.1, 0.15) is 0 Å². The Hall–Kier alpha value is -3.34. The van der Waals surface area contributed by atoms with E-state index in [2.05, 4.69) is 27.2 Å². The van der Waals surface area contributed by atoms with Crippen molar-refractivity contribution in [3.8, 4) is 0 Å². The summed E-state index contributed by atoms with van der Waals surface area (Å²) in [5.74, 6) is -0.395. The van der Waals surface area contributed by atoms with Crippen LogP contribution in [0.1, 0.15) is 55.3 Å². The van der Waals surface area contributed by atoms with Crippen LogP contribution in [0.2, 0.25) is 5.02 Å². The fourth-order valence-corrected chi connectivity index (χ4v) is 7.40. The van der Waals surface area contributed by atoms with E-state index >= 15 is 0 Å². The Morgan fingerprint density at radius 3 is 2.21 bits per heavy atom. The monoisotopic (exact) mass is 608 g/mol. The Labute approximate surface area is 257 Å². The van der Waals surface area contributed by atoms with Crippen molar-refractivity contribution in [2.45, 2.75) is 50.5 Å². The van der Waals surface area contributed by atoms with Crippen molar-refractivity contribution in [2.24, 2.45) is 5.41 Å². The first-order valence-electron chi connectivity index (χ1n) is 15.4. The second-order valence-corrected chi connectivity index (χ2v) is 13.2. The molecular formula is C32H41ClN6O4. The van der Waals surface area contributed by atoms with Gasteiger partial charge >= 0.3 is 6.03 Å². The lowest BCUT2D eigenvalue weighted by Crippen LogP contribution is -2.54. The first-order chi connectivity index (χ1) is 20.6. The number of likely N-dealkylation sites (tertiary alicyclic amines) is 1. The summed E-state index contributed by atoms with van der Waals surface area (Å²) in [5, 5.41) is 14.2. The molecule has 11 heteroatoms. The van der Waals surface area contributed by atoms with Crippen molar-refractivity contribution in [1.82, 2.24) is 15.1 Å². The van der Waals surface area contributed by atoms with Gasteiger partial charge in [-0.25, -0.2) is 4.79 Å². The molecule has 4 aliphatic rings. The number of piperidine rings is 1. The number of carbonyl (C=O) groups excluding carboxylic acids is 3. The predicted molar refractivity (Wildman–Crippen MR) is 167 cm³/mol. The van der Waals surface area contributed by atoms with Crippen molar-refractivity contribution in [1.29, 1.82) is 0 Å². The Balaban J connectivity index is 0.994. The third-order valence-electron chi connectivity index (χ3n) is 10.0. The number of rotatable bonds is 5. The molecule has 1 aliphatic carbocycles. The second kappa shape index (κ2) is 12.0. The molecule has 6 rings (SSSR count). The number of amides is 4. The summed E-state index contributed by atoms with van der Waals surface area (Å²) < 4.78 is 0. The lowest BCUT2D eigenvalue weighted by molar-refractivity contribution is -0.120. The number of carbonyl (C=O) groups is 3. The third-order valence-corrected chi connectivity index (χ3v) is 10.4. The summed E-state index contributed by atoms with van der Waals surface area (Å²) in [6, 6.07) is 12.5. The quantitative estimate of drug-likeness (QED) is 0.442. The van der Waals surface area contributed by atoms with E-state index in [1.54, 1.807) is 18.2 Å².